The van der Waals surface area contributed by atoms with Gasteiger partial charge in [0, 0.05) is 18.7 Å². The predicted octanol–water partition coefficient (Wildman–Crippen LogP) is 4.09. The molecule has 31 heavy (non-hydrogen) atoms. The van der Waals surface area contributed by atoms with Gasteiger partial charge in [0.2, 0.25) is 6.79 Å². The van der Waals surface area contributed by atoms with E-state index in [1.165, 1.54) is 7.11 Å². The van der Waals surface area contributed by atoms with E-state index in [0.29, 0.717) is 36.6 Å². The van der Waals surface area contributed by atoms with Gasteiger partial charge in [-0.3, -0.25) is 4.79 Å². The first-order chi connectivity index (χ1) is 15.2. The highest BCUT2D eigenvalue weighted by atomic mass is 16.7. The van der Waals surface area contributed by atoms with Crippen molar-refractivity contribution in [1.29, 1.82) is 0 Å². The molecule has 6 heteroatoms. The van der Waals surface area contributed by atoms with Crippen molar-refractivity contribution in [2.45, 2.75) is 13.0 Å². The maximum Gasteiger partial charge on any atom is 0.338 e. The Labute approximate surface area is 181 Å². The first-order valence-electron chi connectivity index (χ1n) is 10.1. The standard InChI is InChI=1S/C25H23NO5/c1-29-25(28)21-12-6-5-11-20(21)24(27)26(15-14-18-8-3-2-4-9-18)16-19-10-7-13-22-23(19)31-17-30-22/h2-13H,14-17H2,1H3. The molecule has 1 heterocycles. The van der Waals surface area contributed by atoms with Gasteiger partial charge >= 0.3 is 5.97 Å². The van der Waals surface area contributed by atoms with Crippen LogP contribution in [0.2, 0.25) is 0 Å². The maximum absolute atomic E-state index is 13.6. The Kier molecular flexibility index (Phi) is 6.17. The molecule has 1 amide bonds. The third kappa shape index (κ3) is 4.53. The van der Waals surface area contributed by atoms with Gasteiger partial charge in [-0.1, -0.05) is 54.6 Å². The highest BCUT2D eigenvalue weighted by molar-refractivity contribution is 6.05. The molecule has 4 rings (SSSR count). The van der Waals surface area contributed by atoms with E-state index in [2.05, 4.69) is 0 Å². The lowest BCUT2D eigenvalue weighted by molar-refractivity contribution is 0.0589. The molecular formula is C25H23NO5. The number of fused-ring (bicyclic) bond motifs is 1. The van der Waals surface area contributed by atoms with Gasteiger partial charge < -0.3 is 19.1 Å². The van der Waals surface area contributed by atoms with Crippen LogP contribution in [0.15, 0.2) is 72.8 Å². The average Bonchev–Trinajstić information content (AvgIpc) is 3.31. The lowest BCUT2D eigenvalue weighted by Crippen LogP contribution is -2.33. The van der Waals surface area contributed by atoms with E-state index in [1.54, 1.807) is 29.2 Å². The second kappa shape index (κ2) is 9.34. The molecule has 6 nitrogen and oxygen atoms in total. The van der Waals surface area contributed by atoms with Gasteiger partial charge in [0.1, 0.15) is 0 Å². The molecule has 158 valence electrons. The Morgan fingerprint density at radius 3 is 2.42 bits per heavy atom. The van der Waals surface area contributed by atoms with Crippen LogP contribution in [0.25, 0.3) is 0 Å². The Bertz CT molecular complexity index is 1080. The number of carbonyl (C=O) groups is 2. The average molecular weight is 417 g/mol. The Balaban J connectivity index is 1.65. The van der Waals surface area contributed by atoms with Gasteiger partial charge in [-0.2, -0.15) is 0 Å². The van der Waals surface area contributed by atoms with E-state index in [0.717, 1.165) is 11.1 Å². The Morgan fingerprint density at radius 2 is 1.65 bits per heavy atom. The summed E-state index contributed by atoms with van der Waals surface area (Å²) in [7, 11) is 1.31. The highest BCUT2D eigenvalue weighted by Gasteiger charge is 2.25. The van der Waals surface area contributed by atoms with E-state index in [9.17, 15) is 9.59 Å². The molecular weight excluding hydrogens is 394 g/mol. The fraction of sp³-hybridized carbons (Fsp3) is 0.200. The fourth-order valence-corrected chi connectivity index (χ4v) is 3.61. The molecule has 0 aromatic heterocycles. The molecule has 0 spiro atoms. The number of para-hydroxylation sites is 1. The van der Waals surface area contributed by atoms with E-state index in [4.69, 9.17) is 14.2 Å². The molecule has 0 radical (unpaired) electrons. The summed E-state index contributed by atoms with van der Waals surface area (Å²) < 4.78 is 16.0. The summed E-state index contributed by atoms with van der Waals surface area (Å²) >= 11 is 0. The summed E-state index contributed by atoms with van der Waals surface area (Å²) in [5.41, 5.74) is 2.54. The molecule has 0 fully saturated rings. The van der Waals surface area contributed by atoms with E-state index in [1.807, 2.05) is 48.5 Å². The van der Waals surface area contributed by atoms with Crippen LogP contribution in [0.3, 0.4) is 0 Å². The third-order valence-corrected chi connectivity index (χ3v) is 5.20. The zero-order valence-corrected chi connectivity index (χ0v) is 17.2. The number of esters is 1. The number of nitrogens with zero attached hydrogens (tertiary/aromatic N) is 1. The third-order valence-electron chi connectivity index (χ3n) is 5.20. The summed E-state index contributed by atoms with van der Waals surface area (Å²) in [6, 6.07) is 22.3. The molecule has 3 aromatic carbocycles. The summed E-state index contributed by atoms with van der Waals surface area (Å²) in [6.45, 7) is 0.964. The fourth-order valence-electron chi connectivity index (χ4n) is 3.61. The smallest absolute Gasteiger partial charge is 0.338 e. The van der Waals surface area contributed by atoms with Crippen molar-refractivity contribution in [3.05, 3.63) is 95.1 Å². The molecule has 1 aliphatic heterocycles. The maximum atomic E-state index is 13.6. The minimum atomic E-state index is -0.538. The molecule has 0 N–H and O–H groups in total. The van der Waals surface area contributed by atoms with Gasteiger partial charge in [-0.15, -0.1) is 0 Å². The monoisotopic (exact) mass is 417 g/mol. The molecule has 0 saturated heterocycles. The minimum absolute atomic E-state index is 0.162. The molecule has 0 saturated carbocycles. The Hall–Kier alpha value is -3.80. The predicted molar refractivity (Wildman–Crippen MR) is 115 cm³/mol. The molecule has 0 unspecified atom stereocenters. The molecule has 1 aliphatic rings. The number of methoxy groups -OCH3 is 1. The van der Waals surface area contributed by atoms with Crippen LogP contribution in [0, 0.1) is 0 Å². The van der Waals surface area contributed by atoms with Crippen LogP contribution in [-0.4, -0.2) is 37.2 Å². The van der Waals surface area contributed by atoms with Crippen LogP contribution >= 0.6 is 0 Å². The number of rotatable bonds is 7. The highest BCUT2D eigenvalue weighted by Crippen LogP contribution is 2.36. The van der Waals surface area contributed by atoms with Crippen LogP contribution in [0.5, 0.6) is 11.5 Å². The molecule has 0 bridgehead atoms. The number of carbonyl (C=O) groups excluding carboxylic acids is 2. The second-order valence-corrected chi connectivity index (χ2v) is 7.15. The van der Waals surface area contributed by atoms with Crippen molar-refractivity contribution in [1.82, 2.24) is 4.90 Å². The first-order valence-corrected chi connectivity index (χ1v) is 10.1. The van der Waals surface area contributed by atoms with Crippen molar-refractivity contribution in [2.75, 3.05) is 20.4 Å². The number of amides is 1. The molecule has 3 aromatic rings. The van der Waals surface area contributed by atoms with Gasteiger partial charge in [0.15, 0.2) is 11.5 Å². The van der Waals surface area contributed by atoms with Gasteiger partial charge in [-0.05, 0) is 30.2 Å². The van der Waals surface area contributed by atoms with Crippen molar-refractivity contribution < 1.29 is 23.8 Å². The first kappa shape index (κ1) is 20.5. The number of hydrogen-bond acceptors (Lipinski definition) is 5. The van der Waals surface area contributed by atoms with Gasteiger partial charge in [-0.25, -0.2) is 4.79 Å². The van der Waals surface area contributed by atoms with Crippen molar-refractivity contribution >= 4 is 11.9 Å². The number of hydrogen-bond donors (Lipinski definition) is 0. The van der Waals surface area contributed by atoms with Crippen LogP contribution in [0.1, 0.15) is 31.8 Å². The van der Waals surface area contributed by atoms with E-state index in [-0.39, 0.29) is 18.3 Å². The lowest BCUT2D eigenvalue weighted by atomic mass is 10.0. The summed E-state index contributed by atoms with van der Waals surface area (Å²) in [6.07, 6.45) is 0.680. The number of ether oxygens (including phenoxy) is 3. The zero-order valence-electron chi connectivity index (χ0n) is 17.2. The summed E-state index contributed by atoms with van der Waals surface area (Å²) in [5, 5.41) is 0. The zero-order chi connectivity index (χ0) is 21.6. The van der Waals surface area contributed by atoms with Crippen molar-refractivity contribution in [2.24, 2.45) is 0 Å². The van der Waals surface area contributed by atoms with Crippen LogP contribution < -0.4 is 9.47 Å². The van der Waals surface area contributed by atoms with Gasteiger partial charge in [0.05, 0.1) is 18.2 Å². The molecule has 0 atom stereocenters. The van der Waals surface area contributed by atoms with Crippen molar-refractivity contribution in [3.8, 4) is 11.5 Å². The quantitative estimate of drug-likeness (QED) is 0.542. The van der Waals surface area contributed by atoms with E-state index < -0.39 is 5.97 Å². The topological polar surface area (TPSA) is 65.1 Å². The SMILES string of the molecule is COC(=O)c1ccccc1C(=O)N(CCc1ccccc1)Cc1cccc2c1OCO2. The summed E-state index contributed by atoms with van der Waals surface area (Å²) in [5.74, 6) is 0.543. The molecule has 0 aliphatic carbocycles. The Morgan fingerprint density at radius 1 is 0.903 bits per heavy atom. The van der Waals surface area contributed by atoms with Crippen molar-refractivity contribution in [3.63, 3.8) is 0 Å². The van der Waals surface area contributed by atoms with E-state index >= 15 is 0 Å². The van der Waals surface area contributed by atoms with Crippen LogP contribution in [-0.2, 0) is 17.7 Å². The van der Waals surface area contributed by atoms with Crippen LogP contribution in [0.4, 0.5) is 0 Å². The van der Waals surface area contributed by atoms with Gasteiger partial charge in [0.25, 0.3) is 5.91 Å². The lowest BCUT2D eigenvalue weighted by Gasteiger charge is -2.24. The second-order valence-electron chi connectivity index (χ2n) is 7.15. The minimum Gasteiger partial charge on any atom is -0.465 e. The number of benzene rings is 3. The normalized spacial score (nSPS) is 11.8. The summed E-state index contributed by atoms with van der Waals surface area (Å²) in [4.78, 5) is 27.5. The largest absolute Gasteiger partial charge is 0.465 e.